The predicted molar refractivity (Wildman–Crippen MR) is 84.7 cm³/mol. The first-order chi connectivity index (χ1) is 8.54. The summed E-state index contributed by atoms with van der Waals surface area (Å²) in [5.74, 6) is 0.239. The van der Waals surface area contributed by atoms with E-state index in [0.29, 0.717) is 18.0 Å². The Morgan fingerprint density at radius 3 is 2.94 bits per heavy atom. The van der Waals surface area contributed by atoms with Gasteiger partial charge in [-0.05, 0) is 75.5 Å². The molecule has 0 bridgehead atoms. The fraction of sp³-hybridized carbons (Fsp3) is 0.462. The quantitative estimate of drug-likeness (QED) is 0.543. The minimum absolute atomic E-state index is 0.0583. The first-order valence-corrected chi connectivity index (χ1v) is 7.76. The smallest absolute Gasteiger partial charge is 0.252 e. The van der Waals surface area contributed by atoms with E-state index in [9.17, 15) is 4.79 Å². The van der Waals surface area contributed by atoms with E-state index < -0.39 is 0 Å². The number of carbonyl (C=O) groups excluding carboxylic acids is 1. The highest BCUT2D eigenvalue weighted by atomic mass is 127. The Hall–Kier alpha value is -0.140. The van der Waals surface area contributed by atoms with E-state index in [-0.39, 0.29) is 12.5 Å². The average molecular weight is 426 g/mol. The molecule has 100 valence electrons. The van der Waals surface area contributed by atoms with Crippen molar-refractivity contribution in [1.29, 1.82) is 0 Å². The van der Waals surface area contributed by atoms with Gasteiger partial charge in [-0.3, -0.25) is 4.79 Å². The summed E-state index contributed by atoms with van der Waals surface area (Å²) in [7, 11) is 0. The maximum absolute atomic E-state index is 11.9. The molecule has 0 aliphatic carbocycles. The summed E-state index contributed by atoms with van der Waals surface area (Å²) in [6, 6.07) is 5.69. The molecule has 18 heavy (non-hydrogen) atoms. The van der Waals surface area contributed by atoms with Crippen LogP contribution >= 0.6 is 38.5 Å². The molecule has 0 aromatic heterocycles. The Labute approximate surface area is 130 Å². The van der Waals surface area contributed by atoms with Gasteiger partial charge in [0.1, 0.15) is 0 Å². The van der Waals surface area contributed by atoms with Gasteiger partial charge in [0, 0.05) is 21.2 Å². The summed E-state index contributed by atoms with van der Waals surface area (Å²) < 4.78 is 1.85. The van der Waals surface area contributed by atoms with Crippen molar-refractivity contribution in [1.82, 2.24) is 5.32 Å². The number of benzene rings is 1. The van der Waals surface area contributed by atoms with Crippen molar-refractivity contribution in [3.8, 4) is 0 Å². The molecule has 1 atom stereocenters. The third-order valence-corrected chi connectivity index (χ3v) is 4.01. The lowest BCUT2D eigenvalue weighted by molar-refractivity contribution is 0.0951. The Kier molecular flexibility index (Phi) is 7.18. The molecule has 1 rings (SSSR count). The zero-order chi connectivity index (χ0) is 13.5. The van der Waals surface area contributed by atoms with E-state index in [4.69, 9.17) is 5.11 Å². The van der Waals surface area contributed by atoms with Gasteiger partial charge in [-0.15, -0.1) is 0 Å². The van der Waals surface area contributed by atoms with Crippen LogP contribution in [0.4, 0.5) is 0 Å². The standard InChI is InChI=1S/C13H17BrINO2/c1-9(8-17)3-2-6-16-13(18)11-7-10(15)4-5-12(11)14/h4-5,7,9,17H,2-3,6,8H2,1H3,(H,16,18). The second-order valence-corrected chi connectivity index (χ2v) is 6.41. The molecule has 0 spiro atoms. The molecule has 0 fully saturated rings. The van der Waals surface area contributed by atoms with Crippen molar-refractivity contribution in [3.05, 3.63) is 31.8 Å². The second kappa shape index (κ2) is 8.12. The van der Waals surface area contributed by atoms with E-state index in [0.717, 1.165) is 20.9 Å². The second-order valence-electron chi connectivity index (χ2n) is 4.31. The molecule has 0 aliphatic rings. The lowest BCUT2D eigenvalue weighted by atomic mass is 10.1. The molecular weight excluding hydrogens is 409 g/mol. The molecule has 1 aromatic rings. The van der Waals surface area contributed by atoms with E-state index in [1.54, 1.807) is 0 Å². The maximum Gasteiger partial charge on any atom is 0.252 e. The number of hydrogen-bond donors (Lipinski definition) is 2. The van der Waals surface area contributed by atoms with Gasteiger partial charge in [0.2, 0.25) is 0 Å². The Morgan fingerprint density at radius 2 is 2.28 bits per heavy atom. The van der Waals surface area contributed by atoms with Crippen LogP contribution in [0.25, 0.3) is 0 Å². The first kappa shape index (κ1) is 15.9. The summed E-state index contributed by atoms with van der Waals surface area (Å²) in [6.07, 6.45) is 1.80. The summed E-state index contributed by atoms with van der Waals surface area (Å²) in [5, 5.41) is 11.8. The van der Waals surface area contributed by atoms with E-state index in [1.165, 1.54) is 0 Å². The van der Waals surface area contributed by atoms with Crippen LogP contribution in [0.1, 0.15) is 30.1 Å². The number of aliphatic hydroxyl groups excluding tert-OH is 1. The minimum Gasteiger partial charge on any atom is -0.396 e. The third-order valence-electron chi connectivity index (χ3n) is 2.64. The Morgan fingerprint density at radius 1 is 1.56 bits per heavy atom. The molecule has 1 amide bonds. The molecule has 0 heterocycles. The first-order valence-electron chi connectivity index (χ1n) is 5.88. The number of aliphatic hydroxyl groups is 1. The number of halogens is 2. The summed E-state index contributed by atoms with van der Waals surface area (Å²) >= 11 is 5.56. The highest BCUT2D eigenvalue weighted by Crippen LogP contribution is 2.19. The summed E-state index contributed by atoms with van der Waals surface area (Å²) in [5.41, 5.74) is 0.664. The Balaban J connectivity index is 2.43. The number of hydrogen-bond acceptors (Lipinski definition) is 2. The van der Waals surface area contributed by atoms with E-state index in [2.05, 4.69) is 43.8 Å². The van der Waals surface area contributed by atoms with Crippen LogP contribution in [0.5, 0.6) is 0 Å². The molecule has 1 unspecified atom stereocenters. The summed E-state index contributed by atoms with van der Waals surface area (Å²) in [4.78, 5) is 11.9. The predicted octanol–water partition coefficient (Wildman–Crippen LogP) is 3.19. The molecule has 3 nitrogen and oxygen atoms in total. The van der Waals surface area contributed by atoms with Gasteiger partial charge >= 0.3 is 0 Å². The number of carbonyl (C=O) groups is 1. The molecule has 1 aromatic carbocycles. The monoisotopic (exact) mass is 425 g/mol. The minimum atomic E-state index is -0.0583. The number of rotatable bonds is 6. The van der Waals surface area contributed by atoms with Gasteiger partial charge < -0.3 is 10.4 Å². The van der Waals surface area contributed by atoms with Gasteiger partial charge in [0.05, 0.1) is 5.56 Å². The summed E-state index contributed by atoms with van der Waals surface area (Å²) in [6.45, 7) is 2.84. The van der Waals surface area contributed by atoms with Crippen LogP contribution in [0.3, 0.4) is 0 Å². The van der Waals surface area contributed by atoms with Crippen LogP contribution < -0.4 is 5.32 Å². The molecule has 0 saturated carbocycles. The van der Waals surface area contributed by atoms with Crippen molar-refractivity contribution in [2.24, 2.45) is 5.92 Å². The Bertz CT molecular complexity index is 412. The van der Waals surface area contributed by atoms with Crippen molar-refractivity contribution >= 4 is 44.4 Å². The zero-order valence-corrected chi connectivity index (χ0v) is 14.0. The molecule has 0 saturated heterocycles. The molecule has 0 aliphatic heterocycles. The maximum atomic E-state index is 11.9. The third kappa shape index (κ3) is 5.24. The molecule has 2 N–H and O–H groups in total. The number of nitrogens with one attached hydrogen (secondary N) is 1. The van der Waals surface area contributed by atoms with Crippen LogP contribution in [0, 0.1) is 9.49 Å². The van der Waals surface area contributed by atoms with Crippen LogP contribution in [-0.4, -0.2) is 24.2 Å². The highest BCUT2D eigenvalue weighted by molar-refractivity contribution is 14.1. The zero-order valence-electron chi connectivity index (χ0n) is 10.2. The van der Waals surface area contributed by atoms with Gasteiger partial charge in [-0.25, -0.2) is 0 Å². The van der Waals surface area contributed by atoms with Crippen LogP contribution in [-0.2, 0) is 0 Å². The van der Waals surface area contributed by atoms with Crippen molar-refractivity contribution < 1.29 is 9.90 Å². The van der Waals surface area contributed by atoms with E-state index in [1.807, 2.05) is 25.1 Å². The number of amides is 1. The lowest BCUT2D eigenvalue weighted by Crippen LogP contribution is -2.25. The van der Waals surface area contributed by atoms with Gasteiger partial charge in [-0.2, -0.15) is 0 Å². The van der Waals surface area contributed by atoms with Crippen LogP contribution in [0.2, 0.25) is 0 Å². The fourth-order valence-corrected chi connectivity index (χ4v) is 2.43. The average Bonchev–Trinajstić information content (AvgIpc) is 2.36. The SMILES string of the molecule is CC(CO)CCCNC(=O)c1cc(I)ccc1Br. The topological polar surface area (TPSA) is 49.3 Å². The van der Waals surface area contributed by atoms with Crippen LogP contribution in [0.15, 0.2) is 22.7 Å². The molecular formula is C13H17BrINO2. The highest BCUT2D eigenvalue weighted by Gasteiger charge is 2.10. The normalized spacial score (nSPS) is 12.2. The molecule has 5 heteroatoms. The largest absolute Gasteiger partial charge is 0.396 e. The van der Waals surface area contributed by atoms with E-state index >= 15 is 0 Å². The van der Waals surface area contributed by atoms with Crippen molar-refractivity contribution in [3.63, 3.8) is 0 Å². The van der Waals surface area contributed by atoms with Crippen molar-refractivity contribution in [2.45, 2.75) is 19.8 Å². The van der Waals surface area contributed by atoms with Gasteiger partial charge in [-0.1, -0.05) is 6.92 Å². The fourth-order valence-electron chi connectivity index (χ4n) is 1.51. The van der Waals surface area contributed by atoms with Gasteiger partial charge in [0.15, 0.2) is 0 Å². The van der Waals surface area contributed by atoms with Crippen molar-refractivity contribution in [2.75, 3.05) is 13.2 Å². The van der Waals surface area contributed by atoms with Gasteiger partial charge in [0.25, 0.3) is 5.91 Å². The molecule has 0 radical (unpaired) electrons. The lowest BCUT2D eigenvalue weighted by Gasteiger charge is -2.09.